The van der Waals surface area contributed by atoms with Crippen molar-refractivity contribution in [1.29, 1.82) is 0 Å². The average molecular weight is 386 g/mol. The van der Waals surface area contributed by atoms with E-state index in [1.54, 1.807) is 44.2 Å². The van der Waals surface area contributed by atoms with Crippen molar-refractivity contribution in [3.8, 4) is 0 Å². The highest BCUT2D eigenvalue weighted by Gasteiger charge is 2.25. The number of hydrogen-bond donors (Lipinski definition) is 2. The summed E-state index contributed by atoms with van der Waals surface area (Å²) >= 11 is 0. The van der Waals surface area contributed by atoms with Crippen LogP contribution < -0.4 is 10.6 Å². The molecule has 0 aliphatic carbocycles. The number of halogens is 1. The monoisotopic (exact) mass is 386 g/mol. The predicted octanol–water partition coefficient (Wildman–Crippen LogP) is 2.68. The molecule has 2 amide bonds. The third-order valence-electron chi connectivity index (χ3n) is 4.20. The number of rotatable bonds is 7. The lowest BCUT2D eigenvalue weighted by Gasteiger charge is -2.22. The first-order valence-corrected chi connectivity index (χ1v) is 8.83. The van der Waals surface area contributed by atoms with Gasteiger partial charge in [0, 0.05) is 6.54 Å². The average Bonchev–Trinajstić information content (AvgIpc) is 2.69. The molecule has 0 saturated carbocycles. The molecule has 2 aromatic carbocycles. The molecule has 0 heterocycles. The van der Waals surface area contributed by atoms with Gasteiger partial charge in [0.25, 0.3) is 5.91 Å². The second-order valence-corrected chi connectivity index (χ2v) is 6.58. The number of methoxy groups -OCH3 is 1. The summed E-state index contributed by atoms with van der Waals surface area (Å²) in [5.41, 5.74) is 1.08. The van der Waals surface area contributed by atoms with Crippen LogP contribution in [0.2, 0.25) is 0 Å². The zero-order valence-electron chi connectivity index (χ0n) is 16.0. The Hall–Kier alpha value is -3.22. The molecule has 0 fully saturated rings. The van der Waals surface area contributed by atoms with Crippen LogP contribution in [0.3, 0.4) is 0 Å². The Balaban J connectivity index is 2.00. The minimum Gasteiger partial charge on any atom is -0.465 e. The van der Waals surface area contributed by atoms with Crippen molar-refractivity contribution < 1.29 is 23.5 Å². The molecule has 0 radical (unpaired) electrons. The van der Waals surface area contributed by atoms with Crippen molar-refractivity contribution in [2.24, 2.45) is 5.92 Å². The Labute approximate surface area is 163 Å². The fourth-order valence-corrected chi connectivity index (χ4v) is 2.57. The predicted molar refractivity (Wildman–Crippen MR) is 102 cm³/mol. The summed E-state index contributed by atoms with van der Waals surface area (Å²) < 4.78 is 18.4. The molecular weight excluding hydrogens is 363 g/mol. The molecule has 28 heavy (non-hydrogen) atoms. The van der Waals surface area contributed by atoms with Gasteiger partial charge in [-0.3, -0.25) is 9.59 Å². The molecule has 0 spiro atoms. The first kappa shape index (κ1) is 21.1. The summed E-state index contributed by atoms with van der Waals surface area (Å²) in [6, 6.07) is 11.4. The summed E-state index contributed by atoms with van der Waals surface area (Å²) in [6.07, 6.45) is 0. The van der Waals surface area contributed by atoms with Crippen LogP contribution in [-0.2, 0) is 16.1 Å². The lowest BCUT2D eigenvalue weighted by atomic mass is 10.0. The minimum absolute atomic E-state index is 0.112. The summed E-state index contributed by atoms with van der Waals surface area (Å²) in [5, 5.41) is 5.34. The molecule has 0 aromatic heterocycles. The Morgan fingerprint density at radius 2 is 1.68 bits per heavy atom. The molecule has 2 N–H and O–H groups in total. The van der Waals surface area contributed by atoms with E-state index in [1.165, 1.54) is 25.3 Å². The van der Waals surface area contributed by atoms with Gasteiger partial charge in [0.15, 0.2) is 0 Å². The van der Waals surface area contributed by atoms with Gasteiger partial charge in [0.05, 0.1) is 18.2 Å². The molecule has 0 aliphatic heterocycles. The smallest absolute Gasteiger partial charge is 0.337 e. The van der Waals surface area contributed by atoms with Crippen molar-refractivity contribution in [3.05, 3.63) is 71.0 Å². The minimum atomic E-state index is -0.818. The van der Waals surface area contributed by atoms with Gasteiger partial charge in [0.2, 0.25) is 5.91 Å². The first-order valence-electron chi connectivity index (χ1n) is 8.83. The van der Waals surface area contributed by atoms with E-state index in [2.05, 4.69) is 15.4 Å². The maximum absolute atomic E-state index is 13.8. The van der Waals surface area contributed by atoms with Crippen LogP contribution >= 0.6 is 0 Å². The Bertz CT molecular complexity index is 850. The lowest BCUT2D eigenvalue weighted by Crippen LogP contribution is -2.49. The Morgan fingerprint density at radius 3 is 2.25 bits per heavy atom. The van der Waals surface area contributed by atoms with Crippen LogP contribution in [0.5, 0.6) is 0 Å². The van der Waals surface area contributed by atoms with E-state index in [1.807, 2.05) is 0 Å². The van der Waals surface area contributed by atoms with Crippen molar-refractivity contribution in [2.45, 2.75) is 26.4 Å². The largest absolute Gasteiger partial charge is 0.465 e. The lowest BCUT2D eigenvalue weighted by molar-refractivity contribution is -0.124. The van der Waals surface area contributed by atoms with Gasteiger partial charge in [-0.25, -0.2) is 9.18 Å². The maximum Gasteiger partial charge on any atom is 0.337 e. The summed E-state index contributed by atoms with van der Waals surface area (Å²) in [7, 11) is 1.30. The number of ether oxygens (including phenoxy) is 1. The fraction of sp³-hybridized carbons (Fsp3) is 0.286. The van der Waals surface area contributed by atoms with E-state index >= 15 is 0 Å². The van der Waals surface area contributed by atoms with Gasteiger partial charge < -0.3 is 15.4 Å². The van der Waals surface area contributed by atoms with Crippen LogP contribution in [0.25, 0.3) is 0 Å². The fourth-order valence-electron chi connectivity index (χ4n) is 2.57. The number of hydrogen-bond acceptors (Lipinski definition) is 4. The Kier molecular flexibility index (Phi) is 7.26. The Morgan fingerprint density at radius 1 is 1.04 bits per heavy atom. The van der Waals surface area contributed by atoms with Crippen LogP contribution in [0, 0.1) is 11.7 Å². The van der Waals surface area contributed by atoms with Gasteiger partial charge in [-0.05, 0) is 35.7 Å². The standard InChI is InChI=1S/C21H23FN2O4/c1-13(2)18(24-19(25)16-6-4-5-7-17(16)22)20(26)23-12-14-8-10-15(11-9-14)21(27)28-3/h4-11,13,18H,12H2,1-3H3,(H,23,26)(H,24,25). The van der Waals surface area contributed by atoms with E-state index in [4.69, 9.17) is 0 Å². The number of esters is 1. The molecule has 1 unspecified atom stereocenters. The van der Waals surface area contributed by atoms with Gasteiger partial charge in [-0.2, -0.15) is 0 Å². The third kappa shape index (κ3) is 5.39. The zero-order valence-corrected chi connectivity index (χ0v) is 16.0. The quantitative estimate of drug-likeness (QED) is 0.717. The van der Waals surface area contributed by atoms with Crippen molar-refractivity contribution >= 4 is 17.8 Å². The normalized spacial score (nSPS) is 11.6. The van der Waals surface area contributed by atoms with E-state index in [9.17, 15) is 18.8 Å². The molecule has 2 rings (SSSR count). The van der Waals surface area contributed by atoms with Crippen LogP contribution in [-0.4, -0.2) is 30.9 Å². The maximum atomic E-state index is 13.8. The number of carbonyl (C=O) groups excluding carboxylic acids is 3. The molecule has 148 valence electrons. The summed E-state index contributed by atoms with van der Waals surface area (Å²) in [4.78, 5) is 36.3. The third-order valence-corrected chi connectivity index (χ3v) is 4.20. The molecule has 0 aliphatic rings. The first-order chi connectivity index (χ1) is 13.3. The summed E-state index contributed by atoms with van der Waals surface area (Å²) in [6.45, 7) is 3.80. The molecule has 6 nitrogen and oxygen atoms in total. The van der Waals surface area contributed by atoms with Gasteiger partial charge in [-0.1, -0.05) is 38.1 Å². The van der Waals surface area contributed by atoms with Gasteiger partial charge in [-0.15, -0.1) is 0 Å². The van der Waals surface area contributed by atoms with E-state index in [0.717, 1.165) is 5.56 Å². The van der Waals surface area contributed by atoms with E-state index in [0.29, 0.717) is 5.56 Å². The van der Waals surface area contributed by atoms with Crippen LogP contribution in [0.15, 0.2) is 48.5 Å². The zero-order chi connectivity index (χ0) is 20.7. The highest BCUT2D eigenvalue weighted by molar-refractivity contribution is 5.97. The van der Waals surface area contributed by atoms with Crippen molar-refractivity contribution in [1.82, 2.24) is 10.6 Å². The number of nitrogens with one attached hydrogen (secondary N) is 2. The number of carbonyl (C=O) groups is 3. The van der Waals surface area contributed by atoms with E-state index < -0.39 is 23.7 Å². The molecule has 0 saturated heterocycles. The molecule has 0 bridgehead atoms. The topological polar surface area (TPSA) is 84.5 Å². The van der Waals surface area contributed by atoms with Gasteiger partial charge >= 0.3 is 5.97 Å². The second kappa shape index (κ2) is 9.64. The van der Waals surface area contributed by atoms with Crippen molar-refractivity contribution in [3.63, 3.8) is 0 Å². The van der Waals surface area contributed by atoms with Crippen molar-refractivity contribution in [2.75, 3.05) is 7.11 Å². The molecule has 7 heteroatoms. The molecule has 1 atom stereocenters. The molecule has 2 aromatic rings. The highest BCUT2D eigenvalue weighted by atomic mass is 19.1. The molecular formula is C21H23FN2O4. The van der Waals surface area contributed by atoms with Gasteiger partial charge in [0.1, 0.15) is 11.9 Å². The number of benzene rings is 2. The second-order valence-electron chi connectivity index (χ2n) is 6.58. The summed E-state index contributed by atoms with van der Waals surface area (Å²) in [5.74, 6) is -2.30. The van der Waals surface area contributed by atoms with E-state index in [-0.39, 0.29) is 23.9 Å². The highest BCUT2D eigenvalue weighted by Crippen LogP contribution is 2.10. The SMILES string of the molecule is COC(=O)c1ccc(CNC(=O)C(NC(=O)c2ccccc2F)C(C)C)cc1. The van der Waals surface area contributed by atoms with Crippen LogP contribution in [0.1, 0.15) is 40.1 Å². The number of amides is 2. The van der Waals surface area contributed by atoms with Crippen LogP contribution in [0.4, 0.5) is 4.39 Å².